The number of rotatable bonds is 4. The number of para-hydroxylation sites is 1. The zero-order chi connectivity index (χ0) is 21.4. The monoisotopic (exact) mass is 418 g/mol. The van der Waals surface area contributed by atoms with Gasteiger partial charge in [-0.15, -0.1) is 10.2 Å². The molecule has 0 unspecified atom stereocenters. The Hall–Kier alpha value is -3.72. The van der Waals surface area contributed by atoms with Crippen molar-refractivity contribution in [3.63, 3.8) is 0 Å². The van der Waals surface area contributed by atoms with Crippen LogP contribution in [0.5, 0.6) is 0 Å². The maximum atomic E-state index is 12.8. The average molecular weight is 418 g/mol. The maximum Gasteiger partial charge on any atom is 0.262 e. The maximum absolute atomic E-state index is 12.8. The summed E-state index contributed by atoms with van der Waals surface area (Å²) in [5.41, 5.74) is 2.10. The van der Waals surface area contributed by atoms with Crippen LogP contribution in [0.2, 0.25) is 0 Å². The lowest BCUT2D eigenvalue weighted by Crippen LogP contribution is -2.40. The summed E-state index contributed by atoms with van der Waals surface area (Å²) in [6.07, 6.45) is 0. The predicted octanol–water partition coefficient (Wildman–Crippen LogP) is 1.67. The molecule has 5 rings (SSSR count). The van der Waals surface area contributed by atoms with Crippen molar-refractivity contribution in [3.05, 3.63) is 70.3 Å². The molecule has 158 valence electrons. The molecule has 1 aliphatic heterocycles. The van der Waals surface area contributed by atoms with Crippen LogP contribution in [-0.2, 0) is 18.3 Å². The van der Waals surface area contributed by atoms with E-state index in [2.05, 4.69) is 15.5 Å². The number of ether oxygens (including phenoxy) is 1. The van der Waals surface area contributed by atoms with E-state index < -0.39 is 0 Å². The lowest BCUT2D eigenvalue weighted by molar-refractivity contribution is 0.0303. The van der Waals surface area contributed by atoms with Gasteiger partial charge in [-0.1, -0.05) is 18.2 Å². The van der Waals surface area contributed by atoms with Gasteiger partial charge in [0, 0.05) is 31.4 Å². The van der Waals surface area contributed by atoms with Gasteiger partial charge in [0.05, 0.1) is 30.7 Å². The molecule has 0 spiro atoms. The number of carbonyl (C=O) groups is 1. The van der Waals surface area contributed by atoms with Gasteiger partial charge in [0.1, 0.15) is 0 Å². The predicted molar refractivity (Wildman–Crippen MR) is 116 cm³/mol. The van der Waals surface area contributed by atoms with E-state index in [0.717, 1.165) is 11.2 Å². The molecule has 4 aromatic rings. The molecule has 3 heterocycles. The van der Waals surface area contributed by atoms with E-state index >= 15 is 0 Å². The Morgan fingerprint density at radius 3 is 2.74 bits per heavy atom. The van der Waals surface area contributed by atoms with Gasteiger partial charge >= 0.3 is 0 Å². The highest BCUT2D eigenvalue weighted by atomic mass is 16.5. The minimum Gasteiger partial charge on any atom is -0.378 e. The zero-order valence-corrected chi connectivity index (χ0v) is 17.1. The second-order valence-electron chi connectivity index (χ2n) is 7.47. The number of carbonyl (C=O) groups excluding carboxylic acids is 1. The number of hydrogen-bond acceptors (Lipinski definition) is 6. The summed E-state index contributed by atoms with van der Waals surface area (Å²) in [5, 5.41) is 12.4. The topological polar surface area (TPSA) is 93.8 Å². The van der Waals surface area contributed by atoms with Gasteiger partial charge in [-0.2, -0.15) is 0 Å². The van der Waals surface area contributed by atoms with Crippen LogP contribution in [0.4, 0.5) is 5.69 Å². The number of nitrogens with zero attached hydrogens (tertiary/aromatic N) is 5. The van der Waals surface area contributed by atoms with Crippen molar-refractivity contribution < 1.29 is 9.53 Å². The highest BCUT2D eigenvalue weighted by Gasteiger charge is 2.19. The second kappa shape index (κ2) is 7.84. The van der Waals surface area contributed by atoms with Crippen LogP contribution < -0.4 is 10.9 Å². The highest BCUT2D eigenvalue weighted by molar-refractivity contribution is 5.95. The SMILES string of the molecule is Cn1c(=O)c2ccccc2n2c(CNc3cccc(C(=O)N4CCOCC4)c3)nnc12. The number of morpholine rings is 1. The largest absolute Gasteiger partial charge is 0.378 e. The van der Waals surface area contributed by atoms with Crippen LogP contribution >= 0.6 is 0 Å². The molecule has 1 fully saturated rings. The molecule has 2 aromatic heterocycles. The number of amides is 1. The molecular formula is C22H22N6O3. The molecule has 1 N–H and O–H groups in total. The van der Waals surface area contributed by atoms with E-state index in [1.807, 2.05) is 46.9 Å². The van der Waals surface area contributed by atoms with Gasteiger partial charge in [0.25, 0.3) is 11.5 Å². The van der Waals surface area contributed by atoms with Crippen LogP contribution in [-0.4, -0.2) is 56.3 Å². The van der Waals surface area contributed by atoms with Gasteiger partial charge in [-0.05, 0) is 30.3 Å². The first-order valence-electron chi connectivity index (χ1n) is 10.2. The molecule has 0 saturated carbocycles. The van der Waals surface area contributed by atoms with Crippen molar-refractivity contribution in [2.45, 2.75) is 6.54 Å². The quantitative estimate of drug-likeness (QED) is 0.542. The third-order valence-electron chi connectivity index (χ3n) is 5.55. The van der Waals surface area contributed by atoms with E-state index in [1.165, 1.54) is 4.57 Å². The second-order valence-corrected chi connectivity index (χ2v) is 7.47. The Balaban J connectivity index is 1.43. The Labute approximate surface area is 177 Å². The first kappa shape index (κ1) is 19.3. The number of anilines is 1. The van der Waals surface area contributed by atoms with Crippen LogP contribution in [0.15, 0.2) is 53.3 Å². The number of aryl methyl sites for hydroxylation is 1. The molecule has 0 aliphatic carbocycles. The van der Waals surface area contributed by atoms with Crippen molar-refractivity contribution in [1.29, 1.82) is 0 Å². The summed E-state index contributed by atoms with van der Waals surface area (Å²) in [7, 11) is 1.69. The minimum atomic E-state index is -0.107. The molecule has 9 heteroatoms. The minimum absolute atomic E-state index is 0.000807. The van der Waals surface area contributed by atoms with E-state index in [0.29, 0.717) is 55.4 Å². The van der Waals surface area contributed by atoms with Crippen molar-refractivity contribution in [3.8, 4) is 0 Å². The fraction of sp³-hybridized carbons (Fsp3) is 0.273. The van der Waals surface area contributed by atoms with Gasteiger partial charge in [-0.25, -0.2) is 0 Å². The zero-order valence-electron chi connectivity index (χ0n) is 17.1. The van der Waals surface area contributed by atoms with Gasteiger partial charge < -0.3 is 15.0 Å². The van der Waals surface area contributed by atoms with Crippen LogP contribution in [0, 0.1) is 0 Å². The lowest BCUT2D eigenvalue weighted by Gasteiger charge is -2.27. The number of hydrogen-bond donors (Lipinski definition) is 1. The average Bonchev–Trinajstić information content (AvgIpc) is 3.26. The van der Waals surface area contributed by atoms with Crippen LogP contribution in [0.25, 0.3) is 16.7 Å². The summed E-state index contributed by atoms with van der Waals surface area (Å²) in [5.74, 6) is 1.16. The standard InChI is InChI=1S/C22H22N6O3/c1-26-21(30)17-7-2-3-8-18(17)28-19(24-25-22(26)28)14-23-16-6-4-5-15(13-16)20(29)27-9-11-31-12-10-27/h2-8,13,23H,9-12,14H2,1H3. The Morgan fingerprint density at radius 2 is 1.90 bits per heavy atom. The third kappa shape index (κ3) is 3.42. The fourth-order valence-corrected chi connectivity index (χ4v) is 3.90. The van der Waals surface area contributed by atoms with Crippen molar-refractivity contribution in [2.75, 3.05) is 31.6 Å². The van der Waals surface area contributed by atoms with E-state index in [-0.39, 0.29) is 11.5 Å². The molecule has 1 amide bonds. The highest BCUT2D eigenvalue weighted by Crippen LogP contribution is 2.17. The Morgan fingerprint density at radius 1 is 1.10 bits per heavy atom. The van der Waals surface area contributed by atoms with E-state index in [9.17, 15) is 9.59 Å². The smallest absolute Gasteiger partial charge is 0.262 e. The van der Waals surface area contributed by atoms with Crippen LogP contribution in [0.1, 0.15) is 16.2 Å². The first-order chi connectivity index (χ1) is 15.1. The van der Waals surface area contributed by atoms with Crippen molar-refractivity contribution >= 4 is 28.3 Å². The first-order valence-corrected chi connectivity index (χ1v) is 10.2. The van der Waals surface area contributed by atoms with Crippen molar-refractivity contribution in [1.82, 2.24) is 24.1 Å². The molecule has 0 bridgehead atoms. The molecule has 2 aromatic carbocycles. The Kier molecular flexibility index (Phi) is 4.87. The number of fused-ring (bicyclic) bond motifs is 3. The van der Waals surface area contributed by atoms with Gasteiger partial charge in [-0.3, -0.25) is 18.6 Å². The summed E-state index contributed by atoms with van der Waals surface area (Å²) >= 11 is 0. The molecular weight excluding hydrogens is 396 g/mol. The lowest BCUT2D eigenvalue weighted by atomic mass is 10.1. The summed E-state index contributed by atoms with van der Waals surface area (Å²) in [6.45, 7) is 2.74. The Bertz CT molecular complexity index is 1340. The van der Waals surface area contributed by atoms with Crippen molar-refractivity contribution in [2.24, 2.45) is 7.05 Å². The van der Waals surface area contributed by atoms with E-state index in [4.69, 9.17) is 4.74 Å². The number of benzene rings is 2. The van der Waals surface area contributed by atoms with Gasteiger partial charge in [0.15, 0.2) is 5.82 Å². The number of aromatic nitrogens is 4. The molecule has 1 saturated heterocycles. The van der Waals surface area contributed by atoms with Crippen LogP contribution in [0.3, 0.4) is 0 Å². The summed E-state index contributed by atoms with van der Waals surface area (Å²) < 4.78 is 8.71. The van der Waals surface area contributed by atoms with Gasteiger partial charge in [0.2, 0.25) is 5.78 Å². The normalized spacial score (nSPS) is 14.3. The van der Waals surface area contributed by atoms with E-state index in [1.54, 1.807) is 18.0 Å². The molecule has 0 radical (unpaired) electrons. The molecule has 0 atom stereocenters. The number of nitrogens with one attached hydrogen (secondary N) is 1. The molecule has 31 heavy (non-hydrogen) atoms. The third-order valence-corrected chi connectivity index (χ3v) is 5.55. The summed E-state index contributed by atoms with van der Waals surface area (Å²) in [4.78, 5) is 27.2. The molecule has 9 nitrogen and oxygen atoms in total. The summed E-state index contributed by atoms with van der Waals surface area (Å²) in [6, 6.07) is 14.8. The fourth-order valence-electron chi connectivity index (χ4n) is 3.90. The molecule has 1 aliphatic rings.